The molecule has 0 bridgehead atoms. The Hall–Kier alpha value is -2.26. The highest BCUT2D eigenvalue weighted by molar-refractivity contribution is 5.44. The Labute approximate surface area is 153 Å². The zero-order valence-electron chi connectivity index (χ0n) is 15.3. The maximum atomic E-state index is 3.88. The smallest absolute Gasteiger partial charge is 0.0249 e. The first kappa shape index (κ1) is 17.6. The summed E-state index contributed by atoms with van der Waals surface area (Å²) in [6.45, 7) is 6.05. The number of hydrogen-bond acceptors (Lipinski definition) is 0. The number of allylic oxidation sites excluding steroid dienone is 1. The normalized spacial score (nSPS) is 19.7. The van der Waals surface area contributed by atoms with Crippen molar-refractivity contribution in [2.45, 2.75) is 51.4 Å². The molecular formula is C25H28. The predicted octanol–water partition coefficient (Wildman–Crippen LogP) is 6.50. The molecule has 0 nitrogen and oxygen atoms in total. The van der Waals surface area contributed by atoms with Crippen LogP contribution >= 0.6 is 0 Å². The molecule has 2 aromatic carbocycles. The molecule has 1 aliphatic carbocycles. The van der Waals surface area contributed by atoms with Gasteiger partial charge in [0.15, 0.2) is 0 Å². The van der Waals surface area contributed by atoms with Gasteiger partial charge >= 0.3 is 0 Å². The second-order valence-electron chi connectivity index (χ2n) is 7.16. The first-order valence-electron chi connectivity index (χ1n) is 9.60. The number of benzene rings is 2. The Balaban J connectivity index is 1.61. The third kappa shape index (κ3) is 4.86. The zero-order chi connectivity index (χ0) is 17.5. The SMILES string of the molecule is C=CCC1CCC(c2ccc(C#Cc3ccc(CC)cc3)cc2)CC1. The number of aryl methyl sites for hydroxylation is 1. The topological polar surface area (TPSA) is 0 Å². The average molecular weight is 328 g/mol. The zero-order valence-corrected chi connectivity index (χ0v) is 15.3. The third-order valence-electron chi connectivity index (χ3n) is 5.44. The van der Waals surface area contributed by atoms with E-state index in [1.54, 1.807) is 0 Å². The van der Waals surface area contributed by atoms with Crippen molar-refractivity contribution in [2.24, 2.45) is 5.92 Å². The average Bonchev–Trinajstić information content (AvgIpc) is 2.68. The Kier molecular flexibility index (Phi) is 6.13. The molecule has 2 aromatic rings. The fourth-order valence-corrected chi connectivity index (χ4v) is 3.77. The van der Waals surface area contributed by atoms with E-state index in [1.165, 1.54) is 43.2 Å². The van der Waals surface area contributed by atoms with Crippen LogP contribution in [0.2, 0.25) is 0 Å². The summed E-state index contributed by atoms with van der Waals surface area (Å²) in [5, 5.41) is 0. The second-order valence-corrected chi connectivity index (χ2v) is 7.16. The van der Waals surface area contributed by atoms with Gasteiger partial charge < -0.3 is 0 Å². The van der Waals surface area contributed by atoms with Crippen molar-refractivity contribution in [2.75, 3.05) is 0 Å². The lowest BCUT2D eigenvalue weighted by Crippen LogP contribution is -2.12. The van der Waals surface area contributed by atoms with Crippen molar-refractivity contribution in [3.63, 3.8) is 0 Å². The molecule has 25 heavy (non-hydrogen) atoms. The molecule has 0 unspecified atom stereocenters. The molecule has 0 aliphatic heterocycles. The quantitative estimate of drug-likeness (QED) is 0.444. The van der Waals surface area contributed by atoms with Gasteiger partial charge in [-0.05, 0) is 85.8 Å². The molecule has 0 radical (unpaired) electrons. The molecule has 1 aliphatic rings. The Morgan fingerprint density at radius 3 is 1.96 bits per heavy atom. The summed E-state index contributed by atoms with van der Waals surface area (Å²) in [6, 6.07) is 17.5. The van der Waals surface area contributed by atoms with E-state index in [1.807, 2.05) is 0 Å². The van der Waals surface area contributed by atoms with E-state index >= 15 is 0 Å². The van der Waals surface area contributed by atoms with Gasteiger partial charge in [-0.1, -0.05) is 49.1 Å². The Morgan fingerprint density at radius 2 is 1.44 bits per heavy atom. The highest BCUT2D eigenvalue weighted by Crippen LogP contribution is 2.37. The van der Waals surface area contributed by atoms with E-state index in [9.17, 15) is 0 Å². The van der Waals surface area contributed by atoms with E-state index in [0.29, 0.717) is 0 Å². The molecule has 0 amide bonds. The minimum atomic E-state index is 0.727. The lowest BCUT2D eigenvalue weighted by Gasteiger charge is -2.28. The van der Waals surface area contributed by atoms with E-state index in [2.05, 4.69) is 80.0 Å². The molecule has 3 rings (SSSR count). The van der Waals surface area contributed by atoms with Crippen molar-refractivity contribution in [3.05, 3.63) is 83.4 Å². The van der Waals surface area contributed by atoms with Crippen molar-refractivity contribution in [1.82, 2.24) is 0 Å². The van der Waals surface area contributed by atoms with Gasteiger partial charge in [-0.25, -0.2) is 0 Å². The summed E-state index contributed by atoms with van der Waals surface area (Å²) in [4.78, 5) is 0. The molecule has 0 heteroatoms. The third-order valence-corrected chi connectivity index (χ3v) is 5.44. The van der Waals surface area contributed by atoms with E-state index in [0.717, 1.165) is 29.4 Å². The van der Waals surface area contributed by atoms with Crippen molar-refractivity contribution in [3.8, 4) is 11.8 Å². The summed E-state index contributed by atoms with van der Waals surface area (Å²) in [6.07, 6.45) is 9.64. The first-order chi connectivity index (χ1) is 12.3. The summed E-state index contributed by atoms with van der Waals surface area (Å²) >= 11 is 0. The van der Waals surface area contributed by atoms with Crippen LogP contribution in [-0.4, -0.2) is 0 Å². The van der Waals surface area contributed by atoms with Gasteiger partial charge in [0.1, 0.15) is 0 Å². The molecule has 1 saturated carbocycles. The van der Waals surface area contributed by atoms with Crippen LogP contribution in [0.15, 0.2) is 61.2 Å². The van der Waals surface area contributed by atoms with Crippen molar-refractivity contribution in [1.29, 1.82) is 0 Å². The van der Waals surface area contributed by atoms with Gasteiger partial charge in [-0.2, -0.15) is 0 Å². The van der Waals surface area contributed by atoms with Gasteiger partial charge in [0.25, 0.3) is 0 Å². The van der Waals surface area contributed by atoms with Gasteiger partial charge in [0, 0.05) is 11.1 Å². The molecule has 0 saturated heterocycles. The number of rotatable bonds is 4. The van der Waals surface area contributed by atoms with E-state index in [-0.39, 0.29) is 0 Å². The molecular weight excluding hydrogens is 300 g/mol. The summed E-state index contributed by atoms with van der Waals surface area (Å²) in [5.74, 6) is 8.15. The van der Waals surface area contributed by atoms with Crippen LogP contribution < -0.4 is 0 Å². The monoisotopic (exact) mass is 328 g/mol. The lowest BCUT2D eigenvalue weighted by atomic mass is 9.77. The first-order valence-corrected chi connectivity index (χ1v) is 9.60. The highest BCUT2D eigenvalue weighted by Gasteiger charge is 2.21. The fraction of sp³-hybridized carbons (Fsp3) is 0.360. The molecule has 0 N–H and O–H groups in total. The van der Waals surface area contributed by atoms with Crippen LogP contribution in [0, 0.1) is 17.8 Å². The van der Waals surface area contributed by atoms with Crippen LogP contribution in [0.5, 0.6) is 0 Å². The van der Waals surface area contributed by atoms with Crippen LogP contribution in [0.25, 0.3) is 0 Å². The standard InChI is InChI=1S/C25H28/c1-3-5-21-12-16-24(17-13-21)25-18-14-23(15-19-25)11-10-22-8-6-20(4-2)7-9-22/h3,6-9,14-15,18-19,21,24H,1,4-5,12-13,16-17H2,2H3. The van der Waals surface area contributed by atoms with Gasteiger partial charge in [-0.3, -0.25) is 0 Å². The van der Waals surface area contributed by atoms with Gasteiger partial charge in [0.2, 0.25) is 0 Å². The summed E-state index contributed by atoms with van der Waals surface area (Å²) < 4.78 is 0. The largest absolute Gasteiger partial charge is 0.103 e. The highest BCUT2D eigenvalue weighted by atomic mass is 14.3. The molecule has 0 spiro atoms. The van der Waals surface area contributed by atoms with E-state index in [4.69, 9.17) is 0 Å². The van der Waals surface area contributed by atoms with Crippen molar-refractivity contribution < 1.29 is 0 Å². The fourth-order valence-electron chi connectivity index (χ4n) is 3.77. The molecule has 0 atom stereocenters. The maximum Gasteiger partial charge on any atom is 0.0249 e. The maximum absolute atomic E-state index is 3.88. The minimum Gasteiger partial charge on any atom is -0.103 e. The molecule has 1 fully saturated rings. The molecule has 0 aromatic heterocycles. The Bertz CT molecular complexity index is 729. The van der Waals surface area contributed by atoms with Gasteiger partial charge in [0.05, 0.1) is 0 Å². The Morgan fingerprint density at radius 1 is 0.880 bits per heavy atom. The van der Waals surface area contributed by atoms with Crippen LogP contribution in [0.1, 0.15) is 67.2 Å². The minimum absolute atomic E-state index is 0.727. The lowest BCUT2D eigenvalue weighted by molar-refractivity contribution is 0.328. The predicted molar refractivity (Wildman–Crippen MR) is 108 cm³/mol. The van der Waals surface area contributed by atoms with Gasteiger partial charge in [-0.15, -0.1) is 6.58 Å². The summed E-state index contributed by atoms with van der Waals surface area (Å²) in [5.41, 5.74) is 5.03. The van der Waals surface area contributed by atoms with Crippen LogP contribution in [-0.2, 0) is 6.42 Å². The molecule has 0 heterocycles. The molecule has 128 valence electrons. The second kappa shape index (κ2) is 8.72. The van der Waals surface area contributed by atoms with Crippen LogP contribution in [0.3, 0.4) is 0 Å². The van der Waals surface area contributed by atoms with Crippen LogP contribution in [0.4, 0.5) is 0 Å². The van der Waals surface area contributed by atoms with Crippen molar-refractivity contribution >= 4 is 0 Å². The summed E-state index contributed by atoms with van der Waals surface area (Å²) in [7, 11) is 0. The van der Waals surface area contributed by atoms with E-state index < -0.39 is 0 Å². The number of hydrogen-bond donors (Lipinski definition) is 0.